The van der Waals surface area contributed by atoms with Crippen LogP contribution in [0.5, 0.6) is 5.75 Å². The Morgan fingerprint density at radius 1 is 1.55 bits per heavy atom. The van der Waals surface area contributed by atoms with Crippen molar-refractivity contribution in [2.75, 3.05) is 25.0 Å². The van der Waals surface area contributed by atoms with E-state index in [1.165, 1.54) is 12.8 Å². The van der Waals surface area contributed by atoms with Gasteiger partial charge in [0.05, 0.1) is 11.5 Å². The first-order chi connectivity index (χ1) is 9.72. The first-order valence-electron chi connectivity index (χ1n) is 7.09. The van der Waals surface area contributed by atoms with Crippen LogP contribution in [0, 0.1) is 10.1 Å². The van der Waals surface area contributed by atoms with Crippen molar-refractivity contribution >= 4 is 11.4 Å². The summed E-state index contributed by atoms with van der Waals surface area (Å²) in [7, 11) is 0. The summed E-state index contributed by atoms with van der Waals surface area (Å²) in [4.78, 5) is 10.8. The van der Waals surface area contributed by atoms with Crippen molar-refractivity contribution in [1.29, 1.82) is 0 Å². The fraction of sp³-hybridized carbons (Fsp3) is 0.571. The van der Waals surface area contributed by atoms with Gasteiger partial charge in [-0.15, -0.1) is 0 Å². The smallest absolute Gasteiger partial charge is 0.333 e. The van der Waals surface area contributed by atoms with Gasteiger partial charge in [0, 0.05) is 12.6 Å². The molecule has 0 amide bonds. The number of anilines is 1. The second-order valence-corrected chi connectivity index (χ2v) is 4.85. The molecule has 0 saturated carbocycles. The van der Waals surface area contributed by atoms with E-state index in [9.17, 15) is 10.1 Å². The van der Waals surface area contributed by atoms with Gasteiger partial charge < -0.3 is 15.4 Å². The van der Waals surface area contributed by atoms with Crippen LogP contribution in [0.25, 0.3) is 0 Å². The number of hydrogen-bond donors (Lipinski definition) is 2. The molecule has 1 aromatic rings. The monoisotopic (exact) mass is 279 g/mol. The lowest BCUT2D eigenvalue weighted by molar-refractivity contribution is -0.384. The molecule has 1 saturated heterocycles. The minimum absolute atomic E-state index is 0.0220. The third kappa shape index (κ3) is 3.60. The number of hydrogen-bond acceptors (Lipinski definition) is 5. The molecule has 0 bridgehead atoms. The molecule has 1 aliphatic rings. The molecule has 6 nitrogen and oxygen atoms in total. The van der Waals surface area contributed by atoms with Crippen LogP contribution in [0.3, 0.4) is 0 Å². The third-order valence-corrected chi connectivity index (χ3v) is 3.45. The zero-order valence-electron chi connectivity index (χ0n) is 11.7. The number of rotatable bonds is 7. The van der Waals surface area contributed by atoms with E-state index in [1.807, 2.05) is 6.92 Å². The molecular weight excluding hydrogens is 258 g/mol. The molecule has 1 atom stereocenters. The molecule has 1 aliphatic heterocycles. The molecule has 6 heteroatoms. The summed E-state index contributed by atoms with van der Waals surface area (Å²) in [5, 5.41) is 17.8. The summed E-state index contributed by atoms with van der Waals surface area (Å²) in [5.74, 6) is 0.321. The first-order valence-corrected chi connectivity index (χ1v) is 7.09. The lowest BCUT2D eigenvalue weighted by Gasteiger charge is -2.13. The summed E-state index contributed by atoms with van der Waals surface area (Å²) in [6.07, 6.45) is 3.36. The summed E-state index contributed by atoms with van der Waals surface area (Å²) < 4.78 is 5.32. The maximum atomic E-state index is 11.2. The maximum absolute atomic E-state index is 11.2. The van der Waals surface area contributed by atoms with E-state index in [0.29, 0.717) is 30.6 Å². The van der Waals surface area contributed by atoms with E-state index in [-0.39, 0.29) is 10.6 Å². The zero-order chi connectivity index (χ0) is 14.4. The van der Waals surface area contributed by atoms with Gasteiger partial charge in [-0.1, -0.05) is 6.07 Å². The van der Waals surface area contributed by atoms with Gasteiger partial charge in [-0.25, -0.2) is 0 Å². The van der Waals surface area contributed by atoms with Crippen molar-refractivity contribution in [2.45, 2.75) is 32.2 Å². The minimum Gasteiger partial charge on any atom is -0.487 e. The number of nitrogens with one attached hydrogen (secondary N) is 2. The molecule has 0 radical (unpaired) electrons. The van der Waals surface area contributed by atoms with Gasteiger partial charge in [0.25, 0.3) is 0 Å². The highest BCUT2D eigenvalue weighted by Gasteiger charge is 2.21. The molecule has 0 aromatic heterocycles. The number of ether oxygens (including phenoxy) is 1. The number of benzene rings is 1. The predicted octanol–water partition coefficient (Wildman–Crippen LogP) is 2.55. The van der Waals surface area contributed by atoms with Crippen LogP contribution in [0.15, 0.2) is 18.2 Å². The Hall–Kier alpha value is -1.82. The van der Waals surface area contributed by atoms with Crippen molar-refractivity contribution in [3.05, 3.63) is 28.3 Å². The summed E-state index contributed by atoms with van der Waals surface area (Å²) in [6.45, 7) is 4.02. The standard InChI is InChI=1S/C14H21N3O3/c1-2-20-13-7-3-6-12(14(13)17(18)19)16-10-8-11-5-4-9-15-11/h3,6-7,11,15-16H,2,4-5,8-10H2,1H3/t11-/m0/s1. The molecule has 1 heterocycles. The second-order valence-electron chi connectivity index (χ2n) is 4.85. The maximum Gasteiger partial charge on any atom is 0.333 e. The van der Waals surface area contributed by atoms with E-state index in [4.69, 9.17) is 4.74 Å². The topological polar surface area (TPSA) is 76.4 Å². The molecule has 2 N–H and O–H groups in total. The number of nitrogens with zero attached hydrogens (tertiary/aromatic N) is 1. The Morgan fingerprint density at radius 3 is 3.05 bits per heavy atom. The van der Waals surface area contributed by atoms with Crippen LogP contribution in [0.4, 0.5) is 11.4 Å². The molecule has 1 aromatic carbocycles. The van der Waals surface area contributed by atoms with Crippen LogP contribution in [0.2, 0.25) is 0 Å². The quantitative estimate of drug-likeness (QED) is 0.592. The van der Waals surface area contributed by atoms with Gasteiger partial charge in [0.1, 0.15) is 5.69 Å². The van der Waals surface area contributed by atoms with Gasteiger partial charge in [0.2, 0.25) is 0 Å². The summed E-state index contributed by atoms with van der Waals surface area (Å²) in [6, 6.07) is 5.65. The molecule has 110 valence electrons. The van der Waals surface area contributed by atoms with E-state index in [0.717, 1.165) is 13.0 Å². The number of para-hydroxylation sites is 1. The Labute approximate surface area is 118 Å². The molecule has 0 unspecified atom stereocenters. The van der Waals surface area contributed by atoms with Crippen molar-refractivity contribution in [1.82, 2.24) is 5.32 Å². The van der Waals surface area contributed by atoms with E-state index in [2.05, 4.69) is 10.6 Å². The predicted molar refractivity (Wildman–Crippen MR) is 78.4 cm³/mol. The van der Waals surface area contributed by atoms with Gasteiger partial charge in [0.15, 0.2) is 5.75 Å². The SMILES string of the molecule is CCOc1cccc(NCC[C@@H]2CCCN2)c1[N+](=O)[O-]. The number of nitro groups is 1. The van der Waals surface area contributed by atoms with Crippen LogP contribution < -0.4 is 15.4 Å². The second kappa shape index (κ2) is 7.09. The van der Waals surface area contributed by atoms with Crippen LogP contribution in [-0.2, 0) is 0 Å². The summed E-state index contributed by atoms with van der Waals surface area (Å²) >= 11 is 0. The highest BCUT2D eigenvalue weighted by atomic mass is 16.6. The molecule has 1 fully saturated rings. The molecule has 20 heavy (non-hydrogen) atoms. The van der Waals surface area contributed by atoms with Crippen molar-refractivity contribution in [3.63, 3.8) is 0 Å². The Bertz CT molecular complexity index is 459. The van der Waals surface area contributed by atoms with Gasteiger partial charge in [-0.05, 0) is 44.9 Å². The normalized spacial score (nSPS) is 17.9. The van der Waals surface area contributed by atoms with Gasteiger partial charge in [-0.3, -0.25) is 10.1 Å². The van der Waals surface area contributed by atoms with Crippen molar-refractivity contribution < 1.29 is 9.66 Å². The average molecular weight is 279 g/mol. The van der Waals surface area contributed by atoms with Crippen molar-refractivity contribution in [3.8, 4) is 5.75 Å². The van der Waals surface area contributed by atoms with Crippen LogP contribution >= 0.6 is 0 Å². The molecule has 0 aliphatic carbocycles. The Balaban J connectivity index is 2.01. The van der Waals surface area contributed by atoms with Gasteiger partial charge >= 0.3 is 5.69 Å². The Kier molecular flexibility index (Phi) is 5.17. The third-order valence-electron chi connectivity index (χ3n) is 3.45. The average Bonchev–Trinajstić information content (AvgIpc) is 2.92. The lowest BCUT2D eigenvalue weighted by atomic mass is 10.1. The van der Waals surface area contributed by atoms with Gasteiger partial charge in [-0.2, -0.15) is 0 Å². The fourth-order valence-corrected chi connectivity index (χ4v) is 2.51. The molecule has 0 spiro atoms. The molecular formula is C14H21N3O3. The largest absolute Gasteiger partial charge is 0.487 e. The summed E-state index contributed by atoms with van der Waals surface area (Å²) in [5.41, 5.74) is 0.549. The van der Waals surface area contributed by atoms with Crippen LogP contribution in [-0.4, -0.2) is 30.7 Å². The van der Waals surface area contributed by atoms with E-state index >= 15 is 0 Å². The van der Waals surface area contributed by atoms with Crippen molar-refractivity contribution in [2.24, 2.45) is 0 Å². The number of nitro benzene ring substituents is 1. The highest BCUT2D eigenvalue weighted by Crippen LogP contribution is 2.34. The lowest BCUT2D eigenvalue weighted by Crippen LogP contribution is -2.24. The Morgan fingerprint density at radius 2 is 2.40 bits per heavy atom. The fourth-order valence-electron chi connectivity index (χ4n) is 2.51. The molecule has 2 rings (SSSR count). The minimum atomic E-state index is -0.388. The van der Waals surface area contributed by atoms with E-state index < -0.39 is 0 Å². The highest BCUT2D eigenvalue weighted by molar-refractivity contribution is 5.68. The van der Waals surface area contributed by atoms with Crippen LogP contribution in [0.1, 0.15) is 26.2 Å². The first kappa shape index (κ1) is 14.6. The van der Waals surface area contributed by atoms with E-state index in [1.54, 1.807) is 18.2 Å². The zero-order valence-corrected chi connectivity index (χ0v) is 11.7.